The van der Waals surface area contributed by atoms with Gasteiger partial charge in [0, 0.05) is 16.4 Å². The van der Waals surface area contributed by atoms with Crippen LogP contribution >= 0.6 is 22.6 Å². The lowest BCUT2D eigenvalue weighted by molar-refractivity contribution is -0.119. The molecular formula is C19H21IO2. The molecule has 0 aliphatic rings. The fraction of sp³-hybridized carbons (Fsp3) is 0.316. The number of methoxy groups -OCH3 is 1. The normalized spacial score (nSPS) is 10.5. The van der Waals surface area contributed by atoms with Crippen LogP contribution in [-0.4, -0.2) is 12.9 Å². The molecule has 0 bridgehead atoms. The maximum absolute atomic E-state index is 12.0. The molecule has 0 fully saturated rings. The van der Waals surface area contributed by atoms with Crippen LogP contribution in [0.1, 0.15) is 30.4 Å². The maximum Gasteiger partial charge on any atom is 0.133 e. The van der Waals surface area contributed by atoms with E-state index in [1.54, 1.807) is 7.11 Å². The molecule has 3 heteroatoms. The molecule has 2 nitrogen and oxygen atoms in total. The highest BCUT2D eigenvalue weighted by atomic mass is 127. The van der Waals surface area contributed by atoms with Crippen LogP contribution in [0.25, 0.3) is 0 Å². The van der Waals surface area contributed by atoms with E-state index >= 15 is 0 Å². The van der Waals surface area contributed by atoms with Crippen LogP contribution in [0.5, 0.6) is 5.75 Å². The Labute approximate surface area is 146 Å². The Bertz CT molecular complexity index is 588. The molecule has 0 saturated heterocycles. The number of Topliss-reactive ketones (excluding diaryl/α,β-unsaturated/α-hetero) is 1. The Hall–Kier alpha value is -1.36. The molecule has 0 N–H and O–H groups in total. The third kappa shape index (κ3) is 5.79. The van der Waals surface area contributed by atoms with Crippen molar-refractivity contribution in [2.24, 2.45) is 0 Å². The van der Waals surface area contributed by atoms with Gasteiger partial charge in [-0.1, -0.05) is 24.3 Å². The van der Waals surface area contributed by atoms with E-state index < -0.39 is 0 Å². The predicted molar refractivity (Wildman–Crippen MR) is 98.4 cm³/mol. The van der Waals surface area contributed by atoms with Crippen molar-refractivity contribution < 1.29 is 9.53 Å². The zero-order chi connectivity index (χ0) is 15.8. The smallest absolute Gasteiger partial charge is 0.133 e. The Morgan fingerprint density at radius 1 is 0.909 bits per heavy atom. The molecule has 0 heterocycles. The molecule has 0 atom stereocenters. The van der Waals surface area contributed by atoms with E-state index in [0.29, 0.717) is 18.6 Å². The van der Waals surface area contributed by atoms with Gasteiger partial charge in [-0.25, -0.2) is 0 Å². The average molecular weight is 408 g/mol. The number of aryl methyl sites for hydroxylation is 2. The molecule has 2 rings (SSSR count). The first-order valence-electron chi connectivity index (χ1n) is 7.56. The van der Waals surface area contributed by atoms with Gasteiger partial charge in [-0.15, -0.1) is 0 Å². The van der Waals surface area contributed by atoms with Gasteiger partial charge in [-0.2, -0.15) is 0 Å². The van der Waals surface area contributed by atoms with Crippen LogP contribution in [0, 0.1) is 3.57 Å². The molecular weight excluding hydrogens is 387 g/mol. The van der Waals surface area contributed by atoms with Crippen LogP contribution in [0.4, 0.5) is 0 Å². The summed E-state index contributed by atoms with van der Waals surface area (Å²) < 4.78 is 6.38. The lowest BCUT2D eigenvalue weighted by Crippen LogP contribution is -2.01. The number of halogens is 1. The Balaban J connectivity index is 1.68. The molecule has 0 unspecified atom stereocenters. The van der Waals surface area contributed by atoms with Crippen molar-refractivity contribution in [3.63, 3.8) is 0 Å². The van der Waals surface area contributed by atoms with Crippen molar-refractivity contribution >= 4 is 28.4 Å². The van der Waals surface area contributed by atoms with Crippen molar-refractivity contribution in [2.45, 2.75) is 32.1 Å². The number of ether oxygens (including phenoxy) is 1. The van der Waals surface area contributed by atoms with Gasteiger partial charge >= 0.3 is 0 Å². The number of hydrogen-bond donors (Lipinski definition) is 0. The van der Waals surface area contributed by atoms with Crippen molar-refractivity contribution in [3.8, 4) is 5.75 Å². The topological polar surface area (TPSA) is 26.3 Å². The Morgan fingerprint density at radius 2 is 1.50 bits per heavy atom. The summed E-state index contributed by atoms with van der Waals surface area (Å²) in [5.41, 5.74) is 2.50. The number of carbonyl (C=O) groups excluding carboxylic acids is 1. The van der Waals surface area contributed by atoms with Crippen molar-refractivity contribution in [3.05, 3.63) is 63.2 Å². The van der Waals surface area contributed by atoms with Crippen LogP contribution in [-0.2, 0) is 17.6 Å². The van der Waals surface area contributed by atoms with Gasteiger partial charge in [0.1, 0.15) is 11.5 Å². The van der Waals surface area contributed by atoms with E-state index in [-0.39, 0.29) is 0 Å². The van der Waals surface area contributed by atoms with Gasteiger partial charge in [-0.3, -0.25) is 4.79 Å². The molecule has 0 saturated carbocycles. The quantitative estimate of drug-likeness (QED) is 0.586. The zero-order valence-corrected chi connectivity index (χ0v) is 15.0. The second kappa shape index (κ2) is 8.93. The summed E-state index contributed by atoms with van der Waals surface area (Å²) in [5, 5.41) is 0. The van der Waals surface area contributed by atoms with E-state index in [9.17, 15) is 4.79 Å². The summed E-state index contributed by atoms with van der Waals surface area (Å²) in [4.78, 5) is 12.0. The Kier molecular flexibility index (Phi) is 6.90. The van der Waals surface area contributed by atoms with Gasteiger partial charge in [-0.05, 0) is 77.2 Å². The second-order valence-electron chi connectivity index (χ2n) is 5.37. The first-order chi connectivity index (χ1) is 10.7. The molecule has 116 valence electrons. The molecule has 22 heavy (non-hydrogen) atoms. The highest BCUT2D eigenvalue weighted by Crippen LogP contribution is 2.14. The molecule has 0 amide bonds. The fourth-order valence-corrected chi connectivity index (χ4v) is 2.70. The monoisotopic (exact) mass is 408 g/mol. The number of carbonyl (C=O) groups is 1. The van der Waals surface area contributed by atoms with E-state index in [0.717, 1.165) is 25.0 Å². The SMILES string of the molecule is COc1ccc(CCC(=O)CCCc2ccc(I)cc2)cc1. The number of hydrogen-bond acceptors (Lipinski definition) is 2. The number of rotatable bonds is 8. The van der Waals surface area contributed by atoms with Gasteiger partial charge in [0.25, 0.3) is 0 Å². The number of ketones is 1. The molecule has 0 aliphatic carbocycles. The third-order valence-corrected chi connectivity index (χ3v) is 4.41. The van der Waals surface area contributed by atoms with Gasteiger partial charge in [0.05, 0.1) is 7.11 Å². The van der Waals surface area contributed by atoms with E-state index in [1.807, 2.05) is 24.3 Å². The van der Waals surface area contributed by atoms with Gasteiger partial charge in [0.2, 0.25) is 0 Å². The summed E-state index contributed by atoms with van der Waals surface area (Å²) >= 11 is 2.30. The summed E-state index contributed by atoms with van der Waals surface area (Å²) in [7, 11) is 1.66. The molecule has 0 aliphatic heterocycles. The Morgan fingerprint density at radius 3 is 2.14 bits per heavy atom. The first-order valence-corrected chi connectivity index (χ1v) is 8.64. The lowest BCUT2D eigenvalue weighted by Gasteiger charge is -2.04. The minimum absolute atomic E-state index is 0.348. The molecule has 0 spiro atoms. The van der Waals surface area contributed by atoms with Gasteiger partial charge < -0.3 is 4.74 Å². The molecule has 2 aromatic rings. The molecule has 0 radical (unpaired) electrons. The van der Waals surface area contributed by atoms with Crippen LogP contribution in [0.2, 0.25) is 0 Å². The summed E-state index contributed by atoms with van der Waals surface area (Å²) in [6.07, 6.45) is 4.01. The highest BCUT2D eigenvalue weighted by molar-refractivity contribution is 14.1. The van der Waals surface area contributed by atoms with Crippen molar-refractivity contribution in [2.75, 3.05) is 7.11 Å². The van der Waals surface area contributed by atoms with E-state index in [4.69, 9.17) is 4.74 Å². The summed E-state index contributed by atoms with van der Waals surface area (Å²) in [6, 6.07) is 16.4. The van der Waals surface area contributed by atoms with Crippen LogP contribution in [0.3, 0.4) is 0 Å². The lowest BCUT2D eigenvalue weighted by atomic mass is 10.0. The standard InChI is InChI=1S/C19H21IO2/c1-22-19-13-8-16(9-14-19)7-12-18(21)4-2-3-15-5-10-17(20)11-6-15/h5-6,8-11,13-14H,2-4,7,12H2,1H3. The van der Waals surface area contributed by atoms with Crippen LogP contribution in [0.15, 0.2) is 48.5 Å². The maximum atomic E-state index is 12.0. The first kappa shape index (κ1) is 17.0. The zero-order valence-electron chi connectivity index (χ0n) is 12.8. The van der Waals surface area contributed by atoms with E-state index in [2.05, 4.69) is 46.9 Å². The van der Waals surface area contributed by atoms with Gasteiger partial charge in [0.15, 0.2) is 0 Å². The third-order valence-electron chi connectivity index (χ3n) is 3.69. The second-order valence-corrected chi connectivity index (χ2v) is 6.61. The largest absolute Gasteiger partial charge is 0.497 e. The molecule has 0 aromatic heterocycles. The molecule has 2 aromatic carbocycles. The number of benzene rings is 2. The summed E-state index contributed by atoms with van der Waals surface area (Å²) in [6.45, 7) is 0. The predicted octanol–water partition coefficient (Wildman–Crippen LogP) is 4.82. The van der Waals surface area contributed by atoms with E-state index in [1.165, 1.54) is 14.7 Å². The highest BCUT2D eigenvalue weighted by Gasteiger charge is 2.04. The fourth-order valence-electron chi connectivity index (χ4n) is 2.34. The van der Waals surface area contributed by atoms with Crippen LogP contribution < -0.4 is 4.74 Å². The average Bonchev–Trinajstić information content (AvgIpc) is 2.55. The van der Waals surface area contributed by atoms with Crippen molar-refractivity contribution in [1.29, 1.82) is 0 Å². The summed E-state index contributed by atoms with van der Waals surface area (Å²) in [5.74, 6) is 1.20. The van der Waals surface area contributed by atoms with Crippen molar-refractivity contribution in [1.82, 2.24) is 0 Å². The minimum Gasteiger partial charge on any atom is -0.497 e. The minimum atomic E-state index is 0.348.